The van der Waals surface area contributed by atoms with Crippen LogP contribution >= 0.6 is 0 Å². The summed E-state index contributed by atoms with van der Waals surface area (Å²) in [6, 6.07) is -0.149. The van der Waals surface area contributed by atoms with E-state index < -0.39 is 9.84 Å². The van der Waals surface area contributed by atoms with Gasteiger partial charge in [0.1, 0.15) is 0 Å². The third-order valence-corrected chi connectivity index (χ3v) is 6.17. The molecular formula is C14H25NO4S. The lowest BCUT2D eigenvalue weighted by molar-refractivity contribution is -0.139. The molecule has 2 fully saturated rings. The standard InChI is InChI=1S/C14H25NO4S/c1-19-9-8-15(13-7-10-20(17,18)11-13)14(16)12-5-3-2-4-6-12/h12-13H,2-11H2,1H3. The zero-order valence-electron chi connectivity index (χ0n) is 12.2. The van der Waals surface area contributed by atoms with Gasteiger partial charge in [-0.15, -0.1) is 0 Å². The van der Waals surface area contributed by atoms with Crippen LogP contribution in [0.2, 0.25) is 0 Å². The Hall–Kier alpha value is -0.620. The largest absolute Gasteiger partial charge is 0.383 e. The monoisotopic (exact) mass is 303 g/mol. The quantitative estimate of drug-likeness (QED) is 0.766. The first kappa shape index (κ1) is 15.8. The van der Waals surface area contributed by atoms with Gasteiger partial charge in [0, 0.05) is 25.6 Å². The number of hydrogen-bond donors (Lipinski definition) is 0. The highest BCUT2D eigenvalue weighted by Crippen LogP contribution is 2.28. The number of ether oxygens (including phenoxy) is 1. The minimum Gasteiger partial charge on any atom is -0.383 e. The van der Waals surface area contributed by atoms with Crippen LogP contribution in [-0.4, -0.2) is 57.0 Å². The third-order valence-electron chi connectivity index (χ3n) is 4.42. The van der Waals surface area contributed by atoms with Gasteiger partial charge in [0.25, 0.3) is 0 Å². The molecule has 1 heterocycles. The normalized spacial score (nSPS) is 26.6. The van der Waals surface area contributed by atoms with Gasteiger partial charge in [-0.25, -0.2) is 8.42 Å². The number of nitrogens with zero attached hydrogens (tertiary/aromatic N) is 1. The molecule has 1 saturated carbocycles. The summed E-state index contributed by atoms with van der Waals surface area (Å²) >= 11 is 0. The highest BCUT2D eigenvalue weighted by Gasteiger charge is 2.36. The molecule has 2 aliphatic rings. The molecule has 20 heavy (non-hydrogen) atoms. The second-order valence-corrected chi connectivity index (χ2v) is 8.14. The zero-order chi connectivity index (χ0) is 14.6. The van der Waals surface area contributed by atoms with Crippen molar-refractivity contribution in [1.29, 1.82) is 0 Å². The minimum atomic E-state index is -2.96. The van der Waals surface area contributed by atoms with E-state index in [4.69, 9.17) is 4.74 Å². The van der Waals surface area contributed by atoms with E-state index in [1.807, 2.05) is 0 Å². The number of carbonyl (C=O) groups excluding carboxylic acids is 1. The Morgan fingerprint density at radius 3 is 2.45 bits per heavy atom. The van der Waals surface area contributed by atoms with Crippen LogP contribution in [0.1, 0.15) is 38.5 Å². The molecule has 5 nitrogen and oxygen atoms in total. The van der Waals surface area contributed by atoms with Gasteiger partial charge in [0.15, 0.2) is 9.84 Å². The summed E-state index contributed by atoms with van der Waals surface area (Å²) in [5.41, 5.74) is 0. The number of methoxy groups -OCH3 is 1. The van der Waals surface area contributed by atoms with Crippen molar-refractivity contribution in [3.05, 3.63) is 0 Å². The van der Waals surface area contributed by atoms with Crippen molar-refractivity contribution in [3.63, 3.8) is 0 Å². The van der Waals surface area contributed by atoms with E-state index in [2.05, 4.69) is 0 Å². The Labute approximate surface area is 121 Å². The Balaban J connectivity index is 2.04. The molecule has 1 aliphatic carbocycles. The van der Waals surface area contributed by atoms with Crippen LogP contribution < -0.4 is 0 Å². The second-order valence-electron chi connectivity index (χ2n) is 5.92. The fraction of sp³-hybridized carbons (Fsp3) is 0.929. The Morgan fingerprint density at radius 1 is 1.20 bits per heavy atom. The smallest absolute Gasteiger partial charge is 0.226 e. The second kappa shape index (κ2) is 6.89. The van der Waals surface area contributed by atoms with Crippen molar-refractivity contribution >= 4 is 15.7 Å². The van der Waals surface area contributed by atoms with E-state index in [0.717, 1.165) is 25.7 Å². The highest BCUT2D eigenvalue weighted by atomic mass is 32.2. The molecule has 6 heteroatoms. The van der Waals surface area contributed by atoms with Gasteiger partial charge in [-0.2, -0.15) is 0 Å². The van der Waals surface area contributed by atoms with Gasteiger partial charge in [-0.05, 0) is 19.3 Å². The molecule has 1 aliphatic heterocycles. The molecule has 1 amide bonds. The average molecular weight is 303 g/mol. The first-order chi connectivity index (χ1) is 9.53. The Bertz CT molecular complexity index is 428. The van der Waals surface area contributed by atoms with Crippen LogP contribution in [0.3, 0.4) is 0 Å². The van der Waals surface area contributed by atoms with Crippen LogP contribution in [0.5, 0.6) is 0 Å². The van der Waals surface area contributed by atoms with Crippen LogP contribution in [-0.2, 0) is 19.4 Å². The number of hydrogen-bond acceptors (Lipinski definition) is 4. The van der Waals surface area contributed by atoms with E-state index in [9.17, 15) is 13.2 Å². The molecule has 1 saturated heterocycles. The predicted molar refractivity (Wildman–Crippen MR) is 77.2 cm³/mol. The molecule has 0 aromatic rings. The van der Waals surface area contributed by atoms with E-state index >= 15 is 0 Å². The first-order valence-electron chi connectivity index (χ1n) is 7.53. The summed E-state index contributed by atoms with van der Waals surface area (Å²) in [6.45, 7) is 0.973. The number of sulfone groups is 1. The van der Waals surface area contributed by atoms with E-state index in [1.54, 1.807) is 12.0 Å². The summed E-state index contributed by atoms with van der Waals surface area (Å²) in [6.07, 6.45) is 5.89. The lowest BCUT2D eigenvalue weighted by atomic mass is 9.88. The van der Waals surface area contributed by atoms with Crippen molar-refractivity contribution in [3.8, 4) is 0 Å². The summed E-state index contributed by atoms with van der Waals surface area (Å²) in [7, 11) is -1.36. The fourth-order valence-electron chi connectivity index (χ4n) is 3.27. The van der Waals surface area contributed by atoms with Crippen molar-refractivity contribution in [2.75, 3.05) is 31.8 Å². The number of amides is 1. The third kappa shape index (κ3) is 3.95. The average Bonchev–Trinajstić information content (AvgIpc) is 2.80. The molecule has 0 bridgehead atoms. The summed E-state index contributed by atoms with van der Waals surface area (Å²) in [5.74, 6) is 0.557. The molecule has 0 aromatic carbocycles. The van der Waals surface area contributed by atoms with E-state index in [1.165, 1.54) is 6.42 Å². The van der Waals surface area contributed by atoms with Crippen molar-refractivity contribution in [2.24, 2.45) is 5.92 Å². The zero-order valence-corrected chi connectivity index (χ0v) is 13.0. The number of rotatable bonds is 5. The van der Waals surface area contributed by atoms with Crippen LogP contribution in [0.25, 0.3) is 0 Å². The molecule has 0 radical (unpaired) electrons. The van der Waals surface area contributed by atoms with Crippen LogP contribution in [0.4, 0.5) is 0 Å². The Kier molecular flexibility index (Phi) is 5.43. The van der Waals surface area contributed by atoms with E-state index in [0.29, 0.717) is 19.6 Å². The van der Waals surface area contributed by atoms with Gasteiger partial charge in [-0.1, -0.05) is 19.3 Å². The molecule has 0 aromatic heterocycles. The lowest BCUT2D eigenvalue weighted by Gasteiger charge is -2.33. The van der Waals surface area contributed by atoms with Gasteiger partial charge in [0.05, 0.1) is 18.1 Å². The minimum absolute atomic E-state index is 0.0870. The maximum absolute atomic E-state index is 12.7. The lowest BCUT2D eigenvalue weighted by Crippen LogP contribution is -2.46. The van der Waals surface area contributed by atoms with Gasteiger partial charge < -0.3 is 9.64 Å². The summed E-state index contributed by atoms with van der Waals surface area (Å²) in [4.78, 5) is 14.5. The predicted octanol–water partition coefficient (Wildman–Crippen LogP) is 1.23. The molecule has 1 unspecified atom stereocenters. The molecule has 2 rings (SSSR count). The van der Waals surface area contributed by atoms with Gasteiger partial charge >= 0.3 is 0 Å². The molecule has 116 valence electrons. The SMILES string of the molecule is COCCN(C(=O)C1CCCCC1)C1CCS(=O)(=O)C1. The van der Waals surface area contributed by atoms with Crippen LogP contribution in [0.15, 0.2) is 0 Å². The molecule has 0 spiro atoms. The summed E-state index contributed by atoms with van der Waals surface area (Å²) in [5, 5.41) is 0. The van der Waals surface area contributed by atoms with Crippen LogP contribution in [0, 0.1) is 5.92 Å². The van der Waals surface area contributed by atoms with Crippen molar-refractivity contribution in [1.82, 2.24) is 4.90 Å². The fourth-order valence-corrected chi connectivity index (χ4v) is 5.00. The molecular weight excluding hydrogens is 278 g/mol. The maximum atomic E-state index is 12.7. The van der Waals surface area contributed by atoms with Crippen molar-refractivity contribution < 1.29 is 17.9 Å². The van der Waals surface area contributed by atoms with Gasteiger partial charge in [-0.3, -0.25) is 4.79 Å². The molecule has 0 N–H and O–H groups in total. The highest BCUT2D eigenvalue weighted by molar-refractivity contribution is 7.91. The van der Waals surface area contributed by atoms with E-state index in [-0.39, 0.29) is 29.4 Å². The van der Waals surface area contributed by atoms with Gasteiger partial charge in [0.2, 0.25) is 5.91 Å². The maximum Gasteiger partial charge on any atom is 0.226 e. The molecule has 1 atom stereocenters. The number of carbonyl (C=O) groups is 1. The first-order valence-corrected chi connectivity index (χ1v) is 9.35. The van der Waals surface area contributed by atoms with Crippen molar-refractivity contribution in [2.45, 2.75) is 44.6 Å². The summed E-state index contributed by atoms with van der Waals surface area (Å²) < 4.78 is 28.4. The Morgan fingerprint density at radius 2 is 1.90 bits per heavy atom. The topological polar surface area (TPSA) is 63.7 Å².